The van der Waals surface area contributed by atoms with Gasteiger partial charge in [0.25, 0.3) is 0 Å². The first-order chi connectivity index (χ1) is 11.3. The third-order valence-electron chi connectivity index (χ3n) is 3.98. The van der Waals surface area contributed by atoms with Crippen molar-refractivity contribution in [2.45, 2.75) is 58.9 Å². The molecule has 0 bridgehead atoms. The summed E-state index contributed by atoms with van der Waals surface area (Å²) in [4.78, 5) is 0. The molecule has 0 amide bonds. The third kappa shape index (κ3) is 6.35. The number of unbranched alkanes of at least 4 members (excludes halogenated alkanes) is 2. The normalized spacial score (nSPS) is 11.2. The Kier molecular flexibility index (Phi) is 7.51. The quantitative estimate of drug-likeness (QED) is 0.463. The van der Waals surface area contributed by atoms with Crippen molar-refractivity contribution in [3.05, 3.63) is 65.2 Å². The van der Waals surface area contributed by atoms with Gasteiger partial charge >= 0.3 is 0 Å². The van der Waals surface area contributed by atoms with Crippen LogP contribution in [0.15, 0.2) is 58.8 Å². The summed E-state index contributed by atoms with van der Waals surface area (Å²) in [6, 6.07) is 17.1. The Bertz CT molecular complexity index is 617. The van der Waals surface area contributed by atoms with E-state index in [4.69, 9.17) is 0 Å². The van der Waals surface area contributed by atoms with E-state index in [1.807, 2.05) is 6.07 Å². The molecule has 0 fully saturated rings. The Labute approximate surface area is 140 Å². The fourth-order valence-corrected chi connectivity index (χ4v) is 2.62. The molecule has 0 aliphatic rings. The summed E-state index contributed by atoms with van der Waals surface area (Å²) < 4.78 is 0. The number of aryl methyl sites for hydroxylation is 2. The third-order valence-corrected chi connectivity index (χ3v) is 3.98. The van der Waals surface area contributed by atoms with Gasteiger partial charge < -0.3 is 0 Å². The first-order valence-corrected chi connectivity index (χ1v) is 8.86. The lowest BCUT2D eigenvalue weighted by Gasteiger charge is -2.03. The second kappa shape index (κ2) is 9.94. The Morgan fingerprint density at radius 3 is 2.04 bits per heavy atom. The summed E-state index contributed by atoms with van der Waals surface area (Å²) in [5.41, 5.74) is 4.95. The van der Waals surface area contributed by atoms with Gasteiger partial charge in [0.15, 0.2) is 0 Å². The number of nitrogens with zero attached hydrogens (tertiary/aromatic N) is 2. The first-order valence-electron chi connectivity index (χ1n) is 8.86. The average Bonchev–Trinajstić information content (AvgIpc) is 2.59. The van der Waals surface area contributed by atoms with E-state index in [0.717, 1.165) is 18.5 Å². The fourth-order valence-electron chi connectivity index (χ4n) is 2.62. The van der Waals surface area contributed by atoms with Crippen LogP contribution in [0.1, 0.15) is 56.2 Å². The summed E-state index contributed by atoms with van der Waals surface area (Å²) in [5.74, 6) is 0. The predicted octanol–water partition coefficient (Wildman–Crippen LogP) is 6.66. The van der Waals surface area contributed by atoms with E-state index in [0.29, 0.717) is 6.54 Å². The van der Waals surface area contributed by atoms with E-state index in [1.165, 1.54) is 42.4 Å². The zero-order chi connectivity index (χ0) is 16.3. The van der Waals surface area contributed by atoms with Gasteiger partial charge in [-0.25, -0.2) is 0 Å². The van der Waals surface area contributed by atoms with Crippen molar-refractivity contribution in [1.29, 1.82) is 0 Å². The maximum Gasteiger partial charge on any atom is 0.0855 e. The number of hydrogen-bond donors (Lipinski definition) is 0. The first kappa shape index (κ1) is 17.4. The predicted molar refractivity (Wildman–Crippen MR) is 98.3 cm³/mol. The Balaban J connectivity index is 1.93. The summed E-state index contributed by atoms with van der Waals surface area (Å²) in [7, 11) is 0. The zero-order valence-corrected chi connectivity index (χ0v) is 14.5. The molecule has 122 valence electrons. The van der Waals surface area contributed by atoms with Crippen LogP contribution in [0.3, 0.4) is 0 Å². The standard InChI is InChI=1S/C21H28N2/c1-3-5-9-18-11-7-13-20(15-18)17-22-23-21-14-8-12-19(16-21)10-6-4-2/h7-8,11-16H,3-6,9-10,17H2,1-2H3. The van der Waals surface area contributed by atoms with E-state index < -0.39 is 0 Å². The van der Waals surface area contributed by atoms with Crippen molar-refractivity contribution < 1.29 is 0 Å². The SMILES string of the molecule is CCCCc1cccc(CN=Nc2cccc(CCCC)c2)c1. The van der Waals surface area contributed by atoms with Gasteiger partial charge in [-0.3, -0.25) is 0 Å². The molecule has 0 atom stereocenters. The maximum absolute atomic E-state index is 4.39. The Hall–Kier alpha value is -1.96. The van der Waals surface area contributed by atoms with E-state index >= 15 is 0 Å². The van der Waals surface area contributed by atoms with Crippen LogP contribution >= 0.6 is 0 Å². The molecule has 2 rings (SSSR count). The minimum absolute atomic E-state index is 0.652. The molecule has 0 unspecified atom stereocenters. The number of hydrogen-bond acceptors (Lipinski definition) is 2. The molecule has 0 N–H and O–H groups in total. The molecule has 23 heavy (non-hydrogen) atoms. The van der Waals surface area contributed by atoms with Gasteiger partial charge in [-0.1, -0.05) is 63.1 Å². The summed E-state index contributed by atoms with van der Waals surface area (Å²) in [5, 5.41) is 8.77. The fraction of sp³-hybridized carbons (Fsp3) is 0.429. The highest BCUT2D eigenvalue weighted by Gasteiger charge is 1.97. The molecule has 0 saturated carbocycles. The van der Waals surface area contributed by atoms with E-state index in [-0.39, 0.29) is 0 Å². The minimum atomic E-state index is 0.652. The highest BCUT2D eigenvalue weighted by Crippen LogP contribution is 2.17. The molecule has 0 saturated heterocycles. The van der Waals surface area contributed by atoms with Crippen LogP contribution in [0, 0.1) is 0 Å². The monoisotopic (exact) mass is 308 g/mol. The number of azo groups is 1. The molecule has 2 aromatic carbocycles. The molecular weight excluding hydrogens is 280 g/mol. The van der Waals surface area contributed by atoms with E-state index in [1.54, 1.807) is 0 Å². The van der Waals surface area contributed by atoms with Gasteiger partial charge in [-0.15, -0.1) is 0 Å². The van der Waals surface area contributed by atoms with Crippen LogP contribution in [0.5, 0.6) is 0 Å². The van der Waals surface area contributed by atoms with Crippen molar-refractivity contribution in [1.82, 2.24) is 0 Å². The van der Waals surface area contributed by atoms with Crippen molar-refractivity contribution in [3.63, 3.8) is 0 Å². The molecule has 2 nitrogen and oxygen atoms in total. The van der Waals surface area contributed by atoms with Gasteiger partial charge in [0, 0.05) is 0 Å². The molecule has 0 heterocycles. The topological polar surface area (TPSA) is 24.7 Å². The molecule has 0 radical (unpaired) electrons. The highest BCUT2D eigenvalue weighted by atomic mass is 15.1. The molecular formula is C21H28N2. The van der Waals surface area contributed by atoms with Crippen molar-refractivity contribution in [3.8, 4) is 0 Å². The smallest absolute Gasteiger partial charge is 0.0855 e. The van der Waals surface area contributed by atoms with Crippen LogP contribution < -0.4 is 0 Å². The lowest BCUT2D eigenvalue weighted by atomic mass is 10.1. The summed E-state index contributed by atoms with van der Waals surface area (Å²) in [6.45, 7) is 5.10. The second-order valence-corrected chi connectivity index (χ2v) is 6.10. The largest absolute Gasteiger partial charge is 0.184 e. The highest BCUT2D eigenvalue weighted by molar-refractivity contribution is 5.39. The molecule has 2 aromatic rings. The van der Waals surface area contributed by atoms with Crippen molar-refractivity contribution in [2.24, 2.45) is 10.2 Å². The minimum Gasteiger partial charge on any atom is -0.184 e. The summed E-state index contributed by atoms with van der Waals surface area (Å²) in [6.07, 6.45) is 7.21. The van der Waals surface area contributed by atoms with Gasteiger partial charge in [-0.2, -0.15) is 10.2 Å². The van der Waals surface area contributed by atoms with E-state index in [2.05, 4.69) is 66.5 Å². The lowest BCUT2D eigenvalue weighted by molar-refractivity contribution is 0.793. The van der Waals surface area contributed by atoms with Crippen LogP contribution in [0.25, 0.3) is 0 Å². The average molecular weight is 308 g/mol. The molecule has 0 aromatic heterocycles. The van der Waals surface area contributed by atoms with Crippen molar-refractivity contribution in [2.75, 3.05) is 0 Å². The lowest BCUT2D eigenvalue weighted by Crippen LogP contribution is -1.87. The van der Waals surface area contributed by atoms with Crippen LogP contribution in [0.4, 0.5) is 5.69 Å². The van der Waals surface area contributed by atoms with Gasteiger partial charge in [0.1, 0.15) is 0 Å². The van der Waals surface area contributed by atoms with Crippen LogP contribution in [-0.4, -0.2) is 0 Å². The van der Waals surface area contributed by atoms with E-state index in [9.17, 15) is 0 Å². The number of rotatable bonds is 9. The molecule has 0 aliphatic heterocycles. The Morgan fingerprint density at radius 1 is 0.739 bits per heavy atom. The van der Waals surface area contributed by atoms with Crippen LogP contribution in [0.2, 0.25) is 0 Å². The van der Waals surface area contributed by atoms with Gasteiger partial charge in [0.05, 0.1) is 12.2 Å². The molecule has 0 spiro atoms. The van der Waals surface area contributed by atoms with Gasteiger partial charge in [-0.05, 0) is 54.5 Å². The summed E-state index contributed by atoms with van der Waals surface area (Å²) >= 11 is 0. The Morgan fingerprint density at radius 2 is 1.35 bits per heavy atom. The van der Waals surface area contributed by atoms with Crippen LogP contribution in [-0.2, 0) is 19.4 Å². The molecule has 0 aliphatic carbocycles. The number of benzene rings is 2. The van der Waals surface area contributed by atoms with Gasteiger partial charge in [0.2, 0.25) is 0 Å². The molecule has 2 heteroatoms. The maximum atomic E-state index is 4.39. The second-order valence-electron chi connectivity index (χ2n) is 6.10. The zero-order valence-electron chi connectivity index (χ0n) is 14.5. The van der Waals surface area contributed by atoms with Crippen molar-refractivity contribution >= 4 is 5.69 Å².